The van der Waals surface area contributed by atoms with E-state index in [-0.39, 0.29) is 5.82 Å². The van der Waals surface area contributed by atoms with E-state index >= 15 is 0 Å². The number of rotatable bonds is 2. The Morgan fingerprint density at radius 2 is 2.05 bits per heavy atom. The third kappa shape index (κ3) is 2.00. The molecule has 0 saturated heterocycles. The molecule has 0 fully saturated rings. The molecule has 0 amide bonds. The molecule has 5 heteroatoms. The lowest BCUT2D eigenvalue weighted by atomic mass is 10.1. The van der Waals surface area contributed by atoms with E-state index in [4.69, 9.17) is 9.26 Å². The maximum absolute atomic E-state index is 13.8. The van der Waals surface area contributed by atoms with Crippen molar-refractivity contribution in [2.24, 2.45) is 0 Å². The minimum atomic E-state index is -0.329. The Balaban J connectivity index is 2.27. The largest absolute Gasteiger partial charge is 0.495 e. The number of hydrogen-bond donors (Lipinski definition) is 0. The third-order valence-electron chi connectivity index (χ3n) is 2.87. The van der Waals surface area contributed by atoms with Gasteiger partial charge in [-0.3, -0.25) is 0 Å². The Kier molecular flexibility index (Phi) is 2.98. The number of ether oxygens (including phenoxy) is 1. The highest BCUT2D eigenvalue weighted by Gasteiger charge is 2.16. The molecular formula is C14H9BrFNO2. The normalized spacial score (nSPS) is 10.9. The zero-order valence-electron chi connectivity index (χ0n) is 9.98. The number of nitrogens with zero attached hydrogens (tertiary/aromatic N) is 1. The molecule has 0 N–H and O–H groups in total. The Labute approximate surface area is 117 Å². The molecule has 2 aromatic carbocycles. The van der Waals surface area contributed by atoms with E-state index in [9.17, 15) is 4.39 Å². The van der Waals surface area contributed by atoms with E-state index in [1.807, 2.05) is 6.07 Å². The lowest BCUT2D eigenvalue weighted by Crippen LogP contribution is -1.86. The molecule has 3 aromatic rings. The predicted molar refractivity (Wildman–Crippen MR) is 73.7 cm³/mol. The molecule has 0 saturated carbocycles. The van der Waals surface area contributed by atoms with Crippen molar-refractivity contribution in [2.45, 2.75) is 0 Å². The second kappa shape index (κ2) is 4.66. The average molecular weight is 322 g/mol. The van der Waals surface area contributed by atoms with Crippen LogP contribution in [0.1, 0.15) is 0 Å². The van der Waals surface area contributed by atoms with Gasteiger partial charge in [0, 0.05) is 11.6 Å². The van der Waals surface area contributed by atoms with Crippen molar-refractivity contribution in [1.82, 2.24) is 5.16 Å². The Hall–Kier alpha value is -1.88. The van der Waals surface area contributed by atoms with E-state index in [1.54, 1.807) is 31.4 Å². The summed E-state index contributed by atoms with van der Waals surface area (Å²) in [7, 11) is 1.57. The molecule has 1 heterocycles. The minimum absolute atomic E-state index is 0.329. The first-order valence-corrected chi connectivity index (χ1v) is 6.38. The Morgan fingerprint density at radius 1 is 1.26 bits per heavy atom. The molecule has 3 rings (SSSR count). The van der Waals surface area contributed by atoms with Crippen LogP contribution in [0.25, 0.3) is 22.2 Å². The molecule has 19 heavy (non-hydrogen) atoms. The van der Waals surface area contributed by atoms with E-state index in [0.717, 1.165) is 9.86 Å². The van der Waals surface area contributed by atoms with Gasteiger partial charge in [-0.2, -0.15) is 0 Å². The molecule has 96 valence electrons. The first kappa shape index (κ1) is 12.2. The molecule has 0 bridgehead atoms. The van der Waals surface area contributed by atoms with Crippen molar-refractivity contribution in [3.8, 4) is 17.0 Å². The van der Waals surface area contributed by atoms with Gasteiger partial charge in [0.15, 0.2) is 5.58 Å². The van der Waals surface area contributed by atoms with Crippen molar-refractivity contribution in [1.29, 1.82) is 0 Å². The number of fused-ring (bicyclic) bond motifs is 1. The van der Waals surface area contributed by atoms with E-state index in [1.165, 1.54) is 6.07 Å². The maximum atomic E-state index is 13.8. The lowest BCUT2D eigenvalue weighted by Gasteiger charge is -2.02. The summed E-state index contributed by atoms with van der Waals surface area (Å²) in [4.78, 5) is 0. The van der Waals surface area contributed by atoms with Crippen LogP contribution in [0.5, 0.6) is 5.75 Å². The molecule has 0 aliphatic heterocycles. The SMILES string of the molecule is COc1cc2onc(-c3ccccc3F)c2cc1Br. The van der Waals surface area contributed by atoms with Crippen LogP contribution in [-0.4, -0.2) is 12.3 Å². The fraction of sp³-hybridized carbons (Fsp3) is 0.0714. The van der Waals surface area contributed by atoms with Gasteiger partial charge in [-0.1, -0.05) is 17.3 Å². The zero-order chi connectivity index (χ0) is 13.4. The molecule has 3 nitrogen and oxygen atoms in total. The van der Waals surface area contributed by atoms with Gasteiger partial charge in [0.1, 0.15) is 17.3 Å². The fourth-order valence-corrected chi connectivity index (χ4v) is 2.45. The van der Waals surface area contributed by atoms with Crippen LogP contribution in [0.3, 0.4) is 0 Å². The molecule has 1 aromatic heterocycles. The van der Waals surface area contributed by atoms with Crippen molar-refractivity contribution < 1.29 is 13.7 Å². The Morgan fingerprint density at radius 3 is 2.79 bits per heavy atom. The number of aromatic nitrogens is 1. The standard InChI is InChI=1S/C14H9BrFNO2/c1-18-13-7-12-9(6-10(13)15)14(17-19-12)8-4-2-3-5-11(8)16/h2-7H,1H3. The fourth-order valence-electron chi connectivity index (χ4n) is 1.94. The van der Waals surface area contributed by atoms with Crippen LogP contribution in [0.15, 0.2) is 45.4 Å². The summed E-state index contributed by atoms with van der Waals surface area (Å²) < 4.78 is 25.0. The maximum Gasteiger partial charge on any atom is 0.171 e. The average Bonchev–Trinajstić information content (AvgIpc) is 2.81. The van der Waals surface area contributed by atoms with Crippen molar-refractivity contribution in [3.63, 3.8) is 0 Å². The lowest BCUT2D eigenvalue weighted by molar-refractivity contribution is 0.409. The van der Waals surface area contributed by atoms with Gasteiger partial charge in [0.25, 0.3) is 0 Å². The second-order valence-corrected chi connectivity index (χ2v) is 4.85. The van der Waals surface area contributed by atoms with Crippen LogP contribution >= 0.6 is 15.9 Å². The minimum Gasteiger partial charge on any atom is -0.495 e. The van der Waals surface area contributed by atoms with Crippen LogP contribution in [0.4, 0.5) is 4.39 Å². The van der Waals surface area contributed by atoms with E-state index in [0.29, 0.717) is 22.6 Å². The number of benzene rings is 2. The van der Waals surface area contributed by atoms with Crippen LogP contribution < -0.4 is 4.74 Å². The first-order chi connectivity index (χ1) is 9.20. The van der Waals surface area contributed by atoms with Gasteiger partial charge in [-0.25, -0.2) is 4.39 Å². The van der Waals surface area contributed by atoms with E-state index < -0.39 is 0 Å². The second-order valence-electron chi connectivity index (χ2n) is 3.99. The van der Waals surface area contributed by atoms with Gasteiger partial charge in [0.05, 0.1) is 17.0 Å². The van der Waals surface area contributed by atoms with Gasteiger partial charge in [-0.05, 0) is 34.1 Å². The number of methoxy groups -OCH3 is 1. The van der Waals surface area contributed by atoms with Gasteiger partial charge in [-0.15, -0.1) is 0 Å². The monoisotopic (exact) mass is 321 g/mol. The Bertz CT molecular complexity index is 754. The predicted octanol–water partition coefficient (Wildman–Crippen LogP) is 4.41. The van der Waals surface area contributed by atoms with Gasteiger partial charge < -0.3 is 9.26 Å². The highest BCUT2D eigenvalue weighted by atomic mass is 79.9. The van der Waals surface area contributed by atoms with Crippen LogP contribution in [0.2, 0.25) is 0 Å². The first-order valence-electron chi connectivity index (χ1n) is 5.58. The molecule has 0 atom stereocenters. The summed E-state index contributed by atoms with van der Waals surface area (Å²) in [5.74, 6) is 0.313. The molecule has 0 spiro atoms. The summed E-state index contributed by atoms with van der Waals surface area (Å²) in [6.07, 6.45) is 0. The summed E-state index contributed by atoms with van der Waals surface area (Å²) in [6.45, 7) is 0. The van der Waals surface area contributed by atoms with Crippen LogP contribution in [0, 0.1) is 5.82 Å². The number of halogens is 2. The molecule has 0 aliphatic rings. The van der Waals surface area contributed by atoms with Crippen molar-refractivity contribution >= 4 is 26.9 Å². The summed E-state index contributed by atoms with van der Waals surface area (Å²) in [5, 5.41) is 4.69. The zero-order valence-corrected chi connectivity index (χ0v) is 11.6. The van der Waals surface area contributed by atoms with Crippen molar-refractivity contribution in [3.05, 3.63) is 46.7 Å². The van der Waals surface area contributed by atoms with E-state index in [2.05, 4.69) is 21.1 Å². The highest BCUT2D eigenvalue weighted by molar-refractivity contribution is 9.10. The highest BCUT2D eigenvalue weighted by Crippen LogP contribution is 2.36. The number of hydrogen-bond acceptors (Lipinski definition) is 3. The molecule has 0 aliphatic carbocycles. The quantitative estimate of drug-likeness (QED) is 0.701. The summed E-state index contributed by atoms with van der Waals surface area (Å²) in [5.41, 5.74) is 1.45. The topological polar surface area (TPSA) is 35.3 Å². The van der Waals surface area contributed by atoms with Gasteiger partial charge >= 0.3 is 0 Å². The van der Waals surface area contributed by atoms with Crippen LogP contribution in [-0.2, 0) is 0 Å². The molecular weight excluding hydrogens is 313 g/mol. The summed E-state index contributed by atoms with van der Waals surface area (Å²) >= 11 is 3.40. The van der Waals surface area contributed by atoms with Crippen molar-refractivity contribution in [2.75, 3.05) is 7.11 Å². The summed E-state index contributed by atoms with van der Waals surface area (Å²) in [6, 6.07) is 10.00. The molecule has 0 unspecified atom stereocenters. The molecule has 0 radical (unpaired) electrons. The third-order valence-corrected chi connectivity index (χ3v) is 3.49. The van der Waals surface area contributed by atoms with Gasteiger partial charge in [0.2, 0.25) is 0 Å². The smallest absolute Gasteiger partial charge is 0.171 e.